The van der Waals surface area contributed by atoms with Crippen LogP contribution in [0.15, 0.2) is 24.3 Å². The van der Waals surface area contributed by atoms with E-state index in [0.29, 0.717) is 19.7 Å². The molecule has 1 aliphatic rings. The van der Waals surface area contributed by atoms with Crippen molar-refractivity contribution in [2.45, 2.75) is 33.2 Å². The highest BCUT2D eigenvalue weighted by Crippen LogP contribution is 2.28. The molecule has 114 valence electrons. The van der Waals surface area contributed by atoms with Crippen molar-refractivity contribution in [1.29, 1.82) is 0 Å². The van der Waals surface area contributed by atoms with Crippen molar-refractivity contribution < 1.29 is 19.4 Å². The van der Waals surface area contributed by atoms with Crippen molar-refractivity contribution in [2.75, 3.05) is 13.2 Å². The van der Waals surface area contributed by atoms with Crippen molar-refractivity contribution in [3.63, 3.8) is 0 Å². The van der Waals surface area contributed by atoms with Gasteiger partial charge in [-0.1, -0.05) is 32.0 Å². The summed E-state index contributed by atoms with van der Waals surface area (Å²) in [7, 11) is 0. The van der Waals surface area contributed by atoms with Gasteiger partial charge in [0.05, 0.1) is 13.0 Å². The lowest BCUT2D eigenvalue weighted by molar-refractivity contribution is -0.140. The van der Waals surface area contributed by atoms with Crippen LogP contribution in [0.3, 0.4) is 0 Å². The molecule has 1 aromatic carbocycles. The normalized spacial score (nSPS) is 14.9. The van der Waals surface area contributed by atoms with E-state index in [9.17, 15) is 9.59 Å². The molecule has 5 heteroatoms. The molecule has 0 spiro atoms. The Morgan fingerprint density at radius 2 is 2.00 bits per heavy atom. The number of rotatable bonds is 4. The van der Waals surface area contributed by atoms with E-state index in [1.807, 2.05) is 24.3 Å². The number of fused-ring (bicyclic) bond motifs is 1. The number of carbonyl (C=O) groups excluding carboxylic acids is 1. The molecule has 0 aliphatic carbocycles. The lowest BCUT2D eigenvalue weighted by atomic mass is 9.85. The number of amides is 1. The maximum atomic E-state index is 12.4. The van der Waals surface area contributed by atoms with Crippen LogP contribution >= 0.6 is 0 Å². The van der Waals surface area contributed by atoms with Gasteiger partial charge in [-0.2, -0.15) is 0 Å². The van der Waals surface area contributed by atoms with E-state index in [2.05, 4.69) is 0 Å². The predicted octanol–water partition coefficient (Wildman–Crippen LogP) is 2.30. The molecule has 2 rings (SSSR count). The number of aliphatic carboxylic acids is 1. The van der Waals surface area contributed by atoms with Crippen molar-refractivity contribution in [3.05, 3.63) is 29.8 Å². The molecule has 1 heterocycles. The molecule has 1 aliphatic heterocycles. The first-order valence-electron chi connectivity index (χ1n) is 7.08. The average Bonchev–Trinajstić information content (AvgIpc) is 2.58. The highest BCUT2D eigenvalue weighted by Gasteiger charge is 2.28. The summed E-state index contributed by atoms with van der Waals surface area (Å²) < 4.78 is 5.64. The molecular weight excluding hydrogens is 270 g/mol. The van der Waals surface area contributed by atoms with Crippen LogP contribution in [0.5, 0.6) is 5.75 Å². The Labute approximate surface area is 124 Å². The smallest absolute Gasteiger partial charge is 0.303 e. The van der Waals surface area contributed by atoms with Gasteiger partial charge in [0.2, 0.25) is 5.91 Å². The first-order valence-corrected chi connectivity index (χ1v) is 7.08. The van der Waals surface area contributed by atoms with Crippen molar-refractivity contribution >= 4 is 11.9 Å². The van der Waals surface area contributed by atoms with Crippen molar-refractivity contribution in [1.82, 2.24) is 4.90 Å². The molecule has 0 radical (unpaired) electrons. The SMILES string of the molecule is CC(C)(CC(=O)O)CC(=O)N1CCOc2ccccc2C1. The number of ether oxygens (including phenoxy) is 1. The van der Waals surface area contributed by atoms with Gasteiger partial charge in [-0.3, -0.25) is 9.59 Å². The Balaban J connectivity index is 2.05. The fraction of sp³-hybridized carbons (Fsp3) is 0.500. The molecule has 1 amide bonds. The van der Waals surface area contributed by atoms with Gasteiger partial charge in [0.1, 0.15) is 12.4 Å². The first kappa shape index (κ1) is 15.4. The predicted molar refractivity (Wildman–Crippen MR) is 78.0 cm³/mol. The molecule has 1 N–H and O–H groups in total. The van der Waals surface area contributed by atoms with Crippen LogP contribution in [-0.4, -0.2) is 35.0 Å². The van der Waals surface area contributed by atoms with E-state index < -0.39 is 11.4 Å². The first-order chi connectivity index (χ1) is 9.87. The molecule has 0 atom stereocenters. The highest BCUT2D eigenvalue weighted by molar-refractivity contribution is 5.78. The Hall–Kier alpha value is -2.04. The molecule has 0 saturated heterocycles. The fourth-order valence-electron chi connectivity index (χ4n) is 2.53. The van der Waals surface area contributed by atoms with Crippen LogP contribution in [0.25, 0.3) is 0 Å². The summed E-state index contributed by atoms with van der Waals surface area (Å²) >= 11 is 0. The maximum Gasteiger partial charge on any atom is 0.303 e. The zero-order valence-electron chi connectivity index (χ0n) is 12.5. The number of carboxylic acids is 1. The monoisotopic (exact) mass is 291 g/mol. The summed E-state index contributed by atoms with van der Waals surface area (Å²) in [6, 6.07) is 7.68. The summed E-state index contributed by atoms with van der Waals surface area (Å²) in [6.07, 6.45) is 0.209. The van der Waals surface area contributed by atoms with Gasteiger partial charge < -0.3 is 14.7 Å². The summed E-state index contributed by atoms with van der Waals surface area (Å²) in [5.74, 6) is -0.0866. The van der Waals surface area contributed by atoms with Crippen LogP contribution < -0.4 is 4.74 Å². The average molecular weight is 291 g/mol. The summed E-state index contributed by atoms with van der Waals surface area (Å²) in [5.41, 5.74) is 0.440. The lowest BCUT2D eigenvalue weighted by Crippen LogP contribution is -2.35. The number of para-hydroxylation sites is 1. The van der Waals surface area contributed by atoms with E-state index >= 15 is 0 Å². The minimum absolute atomic E-state index is 0.0142. The number of benzene rings is 1. The topological polar surface area (TPSA) is 66.8 Å². The molecule has 0 saturated carbocycles. The third kappa shape index (κ3) is 4.21. The van der Waals surface area contributed by atoms with Gasteiger partial charge in [-0.05, 0) is 11.5 Å². The molecular formula is C16H21NO4. The van der Waals surface area contributed by atoms with Crippen LogP contribution in [0, 0.1) is 5.41 Å². The van der Waals surface area contributed by atoms with Gasteiger partial charge in [0, 0.05) is 18.5 Å². The van der Waals surface area contributed by atoms with Gasteiger partial charge in [-0.15, -0.1) is 0 Å². The van der Waals surface area contributed by atoms with Gasteiger partial charge >= 0.3 is 5.97 Å². The quantitative estimate of drug-likeness (QED) is 0.924. The number of carbonyl (C=O) groups is 2. The largest absolute Gasteiger partial charge is 0.491 e. The van der Waals surface area contributed by atoms with E-state index in [4.69, 9.17) is 9.84 Å². The molecule has 1 aromatic rings. The van der Waals surface area contributed by atoms with Crippen LogP contribution in [0.1, 0.15) is 32.3 Å². The third-order valence-electron chi connectivity index (χ3n) is 3.56. The molecule has 0 aromatic heterocycles. The molecule has 5 nitrogen and oxygen atoms in total. The fourth-order valence-corrected chi connectivity index (χ4v) is 2.53. The lowest BCUT2D eigenvalue weighted by Gasteiger charge is -2.27. The Morgan fingerprint density at radius 1 is 1.29 bits per heavy atom. The second-order valence-electron chi connectivity index (χ2n) is 6.18. The van der Waals surface area contributed by atoms with E-state index in [0.717, 1.165) is 11.3 Å². The third-order valence-corrected chi connectivity index (χ3v) is 3.56. The number of hydrogen-bond acceptors (Lipinski definition) is 3. The minimum atomic E-state index is -0.877. The van der Waals surface area contributed by atoms with Crippen LogP contribution in [0.2, 0.25) is 0 Å². The van der Waals surface area contributed by atoms with E-state index in [-0.39, 0.29) is 18.7 Å². The second kappa shape index (κ2) is 6.16. The molecule has 0 fully saturated rings. The standard InChI is InChI=1S/C16H21NO4/c1-16(2,10-15(19)20)9-14(18)17-7-8-21-13-6-4-3-5-12(13)11-17/h3-6H,7-11H2,1-2H3,(H,19,20). The summed E-state index contributed by atoms with van der Waals surface area (Å²) in [5, 5.41) is 8.90. The minimum Gasteiger partial charge on any atom is -0.491 e. The van der Waals surface area contributed by atoms with Crippen molar-refractivity contribution in [2.24, 2.45) is 5.41 Å². The Morgan fingerprint density at radius 3 is 2.71 bits per heavy atom. The Bertz CT molecular complexity index is 539. The molecule has 21 heavy (non-hydrogen) atoms. The summed E-state index contributed by atoms with van der Waals surface area (Å²) in [6.45, 7) is 5.11. The summed E-state index contributed by atoms with van der Waals surface area (Å²) in [4.78, 5) is 25.0. The maximum absolute atomic E-state index is 12.4. The second-order valence-corrected chi connectivity index (χ2v) is 6.18. The number of nitrogens with zero attached hydrogens (tertiary/aromatic N) is 1. The van der Waals surface area contributed by atoms with Crippen LogP contribution in [0.4, 0.5) is 0 Å². The van der Waals surface area contributed by atoms with Gasteiger partial charge in [-0.25, -0.2) is 0 Å². The highest BCUT2D eigenvalue weighted by atomic mass is 16.5. The number of hydrogen-bond donors (Lipinski definition) is 1. The van der Waals surface area contributed by atoms with Crippen LogP contribution in [-0.2, 0) is 16.1 Å². The molecule has 0 bridgehead atoms. The van der Waals surface area contributed by atoms with Gasteiger partial charge in [0.15, 0.2) is 0 Å². The van der Waals surface area contributed by atoms with Gasteiger partial charge in [0.25, 0.3) is 0 Å². The molecule has 0 unspecified atom stereocenters. The van der Waals surface area contributed by atoms with E-state index in [1.165, 1.54) is 0 Å². The number of carboxylic acid groups (broad SMARTS) is 1. The zero-order valence-corrected chi connectivity index (χ0v) is 12.5. The van der Waals surface area contributed by atoms with Crippen molar-refractivity contribution in [3.8, 4) is 5.75 Å². The van der Waals surface area contributed by atoms with E-state index in [1.54, 1.807) is 18.7 Å². The zero-order chi connectivity index (χ0) is 15.5. The Kier molecular flexibility index (Phi) is 4.50.